The third-order valence-electron chi connectivity index (χ3n) is 2.30. The summed E-state index contributed by atoms with van der Waals surface area (Å²) in [6.45, 7) is 5.86. The van der Waals surface area contributed by atoms with E-state index < -0.39 is 12.2 Å². The molecule has 3 nitrogen and oxygen atoms in total. The summed E-state index contributed by atoms with van der Waals surface area (Å²) < 4.78 is 1.90. The highest BCUT2D eigenvalue weighted by Crippen LogP contribution is 2.26. The lowest BCUT2D eigenvalue weighted by molar-refractivity contribution is 0.0726. The molecule has 0 spiro atoms. The summed E-state index contributed by atoms with van der Waals surface area (Å²) in [4.78, 5) is 0.423. The van der Waals surface area contributed by atoms with Gasteiger partial charge in [0.25, 0.3) is 0 Å². The van der Waals surface area contributed by atoms with Crippen molar-refractivity contribution in [3.63, 3.8) is 0 Å². The van der Waals surface area contributed by atoms with Crippen LogP contribution in [-0.2, 0) is 0 Å². The highest BCUT2D eigenvalue weighted by molar-refractivity contribution is 8.13. The molecule has 18 heavy (non-hydrogen) atoms. The molecule has 0 aliphatic heterocycles. The second kappa shape index (κ2) is 11.3. The maximum absolute atomic E-state index is 9.82. The molecule has 0 aromatic heterocycles. The van der Waals surface area contributed by atoms with Gasteiger partial charge >= 0.3 is 0 Å². The Hall–Kier alpha value is 0.510. The van der Waals surface area contributed by atoms with Gasteiger partial charge in [0.2, 0.25) is 0 Å². The van der Waals surface area contributed by atoms with Crippen LogP contribution in [0.2, 0.25) is 0 Å². The van der Waals surface area contributed by atoms with E-state index in [2.05, 4.69) is 13.8 Å². The van der Waals surface area contributed by atoms with Gasteiger partial charge in [-0.3, -0.25) is 0 Å². The summed E-state index contributed by atoms with van der Waals surface area (Å²) in [7, 11) is 0. The van der Waals surface area contributed by atoms with Crippen LogP contribution < -0.4 is 0 Å². The van der Waals surface area contributed by atoms with Crippen molar-refractivity contribution in [2.45, 2.75) is 58.7 Å². The molecule has 0 aromatic rings. The smallest absolute Gasteiger partial charge is 0.131 e. The lowest BCUT2D eigenvalue weighted by atomic mass is 10.2. The Morgan fingerprint density at radius 1 is 1.11 bits per heavy atom. The molecule has 0 rings (SSSR count). The molecule has 2 atom stereocenters. The third kappa shape index (κ3) is 7.84. The fourth-order valence-electron chi connectivity index (χ4n) is 1.06. The zero-order valence-corrected chi connectivity index (χ0v) is 13.9. The number of hydrogen-bond donors (Lipinski definition) is 2. The quantitative estimate of drug-likeness (QED) is 0.367. The van der Waals surface area contributed by atoms with E-state index in [4.69, 9.17) is 12.2 Å². The Kier molecular flexibility index (Phi) is 11.7. The second-order valence-electron chi connectivity index (χ2n) is 4.15. The van der Waals surface area contributed by atoms with Crippen LogP contribution in [0, 0.1) is 0 Å². The molecule has 0 bridgehead atoms. The van der Waals surface area contributed by atoms with Crippen LogP contribution in [-0.4, -0.2) is 42.6 Å². The van der Waals surface area contributed by atoms with Gasteiger partial charge in [0, 0.05) is 11.5 Å². The van der Waals surface area contributed by atoms with Crippen molar-refractivity contribution in [2.24, 2.45) is 0 Å². The normalized spacial score (nSPS) is 14.3. The average Bonchev–Trinajstić information content (AvgIpc) is 2.35. The number of rotatable bonds is 10. The van der Waals surface area contributed by atoms with E-state index in [9.17, 15) is 10.2 Å². The number of aliphatic hydroxyl groups excluding tert-OH is 2. The molecule has 6 heteroatoms. The van der Waals surface area contributed by atoms with Crippen molar-refractivity contribution < 1.29 is 10.2 Å². The molecule has 2 N–H and O–H groups in total. The number of nitrogens with zero attached hydrogens (tertiary/aromatic N) is 1. The van der Waals surface area contributed by atoms with Gasteiger partial charge in [-0.15, -0.1) is 0 Å². The van der Waals surface area contributed by atoms with Gasteiger partial charge in [-0.1, -0.05) is 38.9 Å². The van der Waals surface area contributed by atoms with Crippen molar-refractivity contribution in [1.82, 2.24) is 3.71 Å². The van der Waals surface area contributed by atoms with Gasteiger partial charge in [0.1, 0.15) is 11.1 Å². The minimum atomic E-state index is -0.955. The first-order valence-electron chi connectivity index (χ1n) is 6.50. The highest BCUT2D eigenvalue weighted by Gasteiger charge is 2.23. The molecule has 2 unspecified atom stereocenters. The largest absolute Gasteiger partial charge is 0.390 e. The van der Waals surface area contributed by atoms with Gasteiger partial charge < -0.3 is 10.2 Å². The monoisotopic (exact) mass is 311 g/mol. The van der Waals surface area contributed by atoms with E-state index in [1.165, 1.54) is 0 Å². The lowest BCUT2D eigenvalue weighted by Crippen LogP contribution is -2.37. The predicted octanol–water partition coefficient (Wildman–Crippen LogP) is 3.25. The number of thiocarbonyl (C=S) groups is 1. The Morgan fingerprint density at radius 2 is 1.56 bits per heavy atom. The fourth-order valence-corrected chi connectivity index (χ4v) is 3.96. The van der Waals surface area contributed by atoms with E-state index in [1.54, 1.807) is 30.8 Å². The first-order valence-corrected chi connectivity index (χ1v) is 8.79. The third-order valence-corrected chi connectivity index (χ3v) is 5.40. The van der Waals surface area contributed by atoms with Gasteiger partial charge in [0.05, 0.1) is 6.10 Å². The molecule has 0 heterocycles. The van der Waals surface area contributed by atoms with Crippen LogP contribution >= 0.6 is 36.1 Å². The van der Waals surface area contributed by atoms with Crippen LogP contribution in [0.4, 0.5) is 0 Å². The first kappa shape index (κ1) is 18.5. The van der Waals surface area contributed by atoms with Gasteiger partial charge in [-0.2, -0.15) is 0 Å². The zero-order valence-electron chi connectivity index (χ0n) is 11.5. The summed E-state index contributed by atoms with van der Waals surface area (Å²) >= 11 is 8.52. The van der Waals surface area contributed by atoms with E-state index in [-0.39, 0.29) is 0 Å². The van der Waals surface area contributed by atoms with Crippen LogP contribution in [0.3, 0.4) is 0 Å². The summed E-state index contributed by atoms with van der Waals surface area (Å²) in [6.07, 6.45) is 2.77. The molecule has 0 aliphatic rings. The summed E-state index contributed by atoms with van der Waals surface area (Å²) in [5.74, 6) is 1.98. The average molecular weight is 312 g/mol. The molecule has 0 saturated heterocycles. The molecule has 0 amide bonds. The lowest BCUT2D eigenvalue weighted by Gasteiger charge is -2.26. The maximum atomic E-state index is 9.82. The topological polar surface area (TPSA) is 43.7 Å². The van der Waals surface area contributed by atoms with Crippen LogP contribution in [0.5, 0.6) is 0 Å². The Morgan fingerprint density at radius 3 is 1.89 bits per heavy atom. The number of hydrogen-bond acceptors (Lipinski definition) is 5. The van der Waals surface area contributed by atoms with E-state index in [0.29, 0.717) is 4.99 Å². The maximum Gasteiger partial charge on any atom is 0.131 e. The minimum Gasteiger partial charge on any atom is -0.390 e. The molecule has 0 aromatic carbocycles. The summed E-state index contributed by atoms with van der Waals surface area (Å²) in [5.41, 5.74) is 0. The van der Waals surface area contributed by atoms with E-state index in [0.717, 1.165) is 37.2 Å². The molecule has 108 valence electrons. The summed E-state index contributed by atoms with van der Waals surface area (Å²) in [5, 5.41) is 19.2. The van der Waals surface area contributed by atoms with Crippen LogP contribution in [0.1, 0.15) is 46.5 Å². The van der Waals surface area contributed by atoms with Gasteiger partial charge in [0.15, 0.2) is 0 Å². The molecule has 0 aliphatic carbocycles. The first-order chi connectivity index (χ1) is 8.54. The van der Waals surface area contributed by atoms with Crippen molar-refractivity contribution >= 4 is 41.1 Å². The Bertz CT molecular complexity index is 217. The Balaban J connectivity index is 4.28. The molecular weight excluding hydrogens is 286 g/mol. The second-order valence-corrected chi connectivity index (χ2v) is 6.87. The fraction of sp³-hybridized carbons (Fsp3) is 0.917. The van der Waals surface area contributed by atoms with Crippen molar-refractivity contribution in [1.29, 1.82) is 0 Å². The van der Waals surface area contributed by atoms with E-state index >= 15 is 0 Å². The van der Waals surface area contributed by atoms with Crippen LogP contribution in [0.15, 0.2) is 0 Å². The molecule has 0 radical (unpaired) electrons. The molecule has 0 saturated carbocycles. The van der Waals surface area contributed by atoms with E-state index in [1.807, 2.05) is 3.71 Å². The minimum absolute atomic E-state index is 0.423. The van der Waals surface area contributed by atoms with Gasteiger partial charge in [-0.05, 0) is 43.7 Å². The molecule has 0 fully saturated rings. The predicted molar refractivity (Wildman–Crippen MR) is 86.9 cm³/mol. The van der Waals surface area contributed by atoms with Crippen molar-refractivity contribution in [3.05, 3.63) is 0 Å². The standard InChI is InChI=1S/C12H25NO2S3/c1-4-6-8-17-13(18-9-7-5-2)12(16)11(15)10(3)14/h10-11,14-15H,4-9H2,1-3H3. The van der Waals surface area contributed by atoms with Crippen molar-refractivity contribution in [2.75, 3.05) is 11.5 Å². The van der Waals surface area contributed by atoms with Crippen molar-refractivity contribution in [3.8, 4) is 0 Å². The summed E-state index contributed by atoms with van der Waals surface area (Å²) in [6, 6.07) is 0. The number of aliphatic hydroxyl groups is 2. The van der Waals surface area contributed by atoms with Crippen LogP contribution in [0.25, 0.3) is 0 Å². The Labute approximate surface area is 125 Å². The zero-order chi connectivity index (χ0) is 14.0. The number of unbranched alkanes of at least 4 members (excludes halogenated alkanes) is 2. The SMILES string of the molecule is CCCCSN(SCCCC)C(=S)C(O)C(C)O. The van der Waals surface area contributed by atoms with Gasteiger partial charge in [-0.25, -0.2) is 3.71 Å². The highest BCUT2D eigenvalue weighted by atomic mass is 32.2. The molecular formula is C12H25NO2S3.